The molecule has 14 bridgehead atoms. The average molecular weight is 1320 g/mol. The SMILES string of the molecule is Cc1cc(C)c(S(=O)(=O)O[C@H]2[C@H]3O[C@H]4[C@H](O)[C@@H](O)[C@@H](O[C@H]5[C@H](O)[C@@H](O)[C@@H](O[C@H]6[C@H](O)[C@@H](O)[C@@H](O[C@H]7[C@H](O)[C@@H](O)[C@@H](O[C@H]8[C@H](O)[C@@H](O)[C@@H](O[C@H]9[C@H]%10S[C@H]%10[C@@H](O[C@@H]([C@@H]2O)[C@@H](CO)O3)O[C@@H]9CO)O[C@@H]8CO)O[C@@H]7CO)O[C@@H]6CO)O[C@@H]5CO)O[C@@H]4CO)c(C)c1. The molecule has 1 aromatic rings. The van der Waals surface area contributed by atoms with Gasteiger partial charge in [-0.2, -0.15) is 8.42 Å². The number of ether oxygens (including phenoxy) is 14. The average Bonchev–Trinajstić information content (AvgIpc) is 1.59. The van der Waals surface area contributed by atoms with Crippen LogP contribution < -0.4 is 0 Å². The smallest absolute Gasteiger partial charge is 0.298 e. The zero-order chi connectivity index (χ0) is 63.7. The lowest BCUT2D eigenvalue weighted by Gasteiger charge is -2.50. The van der Waals surface area contributed by atoms with Gasteiger partial charge in [-0.1, -0.05) is 17.7 Å². The number of hydrogen-bond donors (Lipinski definition) is 18. The highest BCUT2D eigenvalue weighted by Gasteiger charge is 2.63. The van der Waals surface area contributed by atoms with Gasteiger partial charge >= 0.3 is 0 Å². The molecule has 0 saturated carbocycles. The van der Waals surface area contributed by atoms with E-state index in [1.807, 2.05) is 0 Å². The van der Waals surface area contributed by atoms with Gasteiger partial charge in [0.15, 0.2) is 50.1 Å². The zero-order valence-electron chi connectivity index (χ0n) is 47.1. The van der Waals surface area contributed by atoms with E-state index < -0.39 is 270 Å². The summed E-state index contributed by atoms with van der Waals surface area (Å²) in [5.41, 5.74) is 1.11. The fraction of sp³-hybridized carbons (Fsp3) is 0.882. The Kier molecular flexibility index (Phi) is 22.2. The molecule has 0 spiro atoms. The van der Waals surface area contributed by atoms with Gasteiger partial charge in [0.25, 0.3) is 10.1 Å². The van der Waals surface area contributed by atoms with Gasteiger partial charge in [-0.05, 0) is 31.9 Å². The van der Waals surface area contributed by atoms with E-state index in [1.165, 1.54) is 13.8 Å². The molecule has 504 valence electrons. The Balaban J connectivity index is 0.969. The highest BCUT2D eigenvalue weighted by molar-refractivity contribution is 8.07. The number of hydrogen-bond acceptors (Lipinski definition) is 36. The molecular weight excluding hydrogens is 1240 g/mol. The summed E-state index contributed by atoms with van der Waals surface area (Å²) in [6.07, 6.45) is -64.0. The third-order valence-electron chi connectivity index (χ3n) is 17.0. The van der Waals surface area contributed by atoms with Gasteiger partial charge in [0.1, 0.15) is 153 Å². The van der Waals surface area contributed by atoms with E-state index in [2.05, 4.69) is 0 Å². The first kappa shape index (κ1) is 69.0. The number of aryl methyl sites for hydroxylation is 3. The topological polar surface area (TPSA) is 537 Å². The van der Waals surface area contributed by atoms with Crippen LogP contribution in [0.25, 0.3) is 0 Å². The molecular formula is C51H78O35S2. The normalized spacial score (nSPS) is 50.4. The molecule has 0 amide bonds. The number of rotatable bonds is 10. The maximum Gasteiger partial charge on any atom is 0.298 e. The zero-order valence-corrected chi connectivity index (χ0v) is 48.8. The van der Waals surface area contributed by atoms with Crippen LogP contribution in [0, 0.1) is 20.8 Å². The van der Waals surface area contributed by atoms with Crippen LogP contribution in [0.1, 0.15) is 16.7 Å². The highest BCUT2D eigenvalue weighted by Crippen LogP contribution is 2.54. The summed E-state index contributed by atoms with van der Waals surface area (Å²) in [6, 6.07) is 3.09. The number of aliphatic hydroxyl groups is 18. The first-order valence-electron chi connectivity index (χ1n) is 28.4. The lowest BCUT2D eigenvalue weighted by atomic mass is 9.95. The van der Waals surface area contributed by atoms with Crippen molar-refractivity contribution in [3.8, 4) is 0 Å². The fourth-order valence-electron chi connectivity index (χ4n) is 12.5. The van der Waals surface area contributed by atoms with Gasteiger partial charge in [-0.25, -0.2) is 0 Å². The number of aliphatic hydroxyl groups excluding tert-OH is 18. The molecule has 16 fully saturated rings. The first-order chi connectivity index (χ1) is 41.8. The van der Waals surface area contributed by atoms with E-state index in [-0.39, 0.29) is 16.0 Å². The third kappa shape index (κ3) is 13.3. The van der Waals surface area contributed by atoms with Crippen molar-refractivity contribution in [3.05, 3.63) is 28.8 Å². The van der Waals surface area contributed by atoms with Crippen LogP contribution in [0.5, 0.6) is 0 Å². The van der Waals surface area contributed by atoms with Crippen molar-refractivity contribution >= 4 is 21.9 Å². The number of fused-ring (bicyclic) bond motifs is 7. The van der Waals surface area contributed by atoms with Crippen molar-refractivity contribution in [1.29, 1.82) is 0 Å². The van der Waals surface area contributed by atoms with Crippen LogP contribution >= 0.6 is 11.8 Å². The molecule has 35 atom stereocenters. The lowest BCUT2D eigenvalue weighted by molar-refractivity contribution is -0.396. The van der Waals surface area contributed by atoms with Crippen molar-refractivity contribution in [2.45, 2.75) is 239 Å². The molecule has 16 saturated heterocycles. The van der Waals surface area contributed by atoms with Crippen molar-refractivity contribution in [2.75, 3.05) is 46.2 Å². The second-order valence-corrected chi connectivity index (χ2v) is 25.9. The van der Waals surface area contributed by atoms with Crippen LogP contribution in [0.3, 0.4) is 0 Å². The Hall–Kier alpha value is -1.80. The Bertz CT molecular complexity index is 2550. The molecule has 16 aliphatic rings. The molecule has 17 rings (SSSR count). The van der Waals surface area contributed by atoms with Gasteiger partial charge in [0.2, 0.25) is 0 Å². The minimum atomic E-state index is -4.98. The third-order valence-corrected chi connectivity index (χ3v) is 20.1. The molecule has 18 N–H and O–H groups in total. The van der Waals surface area contributed by atoms with E-state index >= 15 is 0 Å². The molecule has 1 aromatic carbocycles. The van der Waals surface area contributed by atoms with Gasteiger partial charge < -0.3 is 158 Å². The van der Waals surface area contributed by atoms with E-state index in [0.717, 1.165) is 11.8 Å². The Morgan fingerprint density at radius 2 is 0.591 bits per heavy atom. The fourth-order valence-corrected chi connectivity index (χ4v) is 15.2. The summed E-state index contributed by atoms with van der Waals surface area (Å²) in [7, 11) is -4.98. The lowest BCUT2D eigenvalue weighted by Crippen LogP contribution is -2.68. The maximum absolute atomic E-state index is 14.4. The summed E-state index contributed by atoms with van der Waals surface area (Å²) >= 11 is 1.13. The minimum absolute atomic E-state index is 0.214. The molecule has 37 heteroatoms. The standard InChI is InChI=1S/C51H78O35S2/c1-13-4-14(2)44(15(3)5-13)88(70,71)86-41-33(69)39-21(11-57)77-50(41)83-38-20(10-56)75-48(31(67)27(38)63)81-36-18(8-54)73-46(29(65)25(36)61)79-34-16(6-52)72-45(28(64)23(34)59)80-35-17(7-53)74-47(30(66)24(35)60)82-37-19(9-55)76-49(32(68)26(37)62)85-40-22(12-58)78-51(84-39)43-42(40)87-43/h4-5,16-43,45-69H,6-12H2,1-3H3/t16-,17-,18-,19-,20-,21-,22-,23-,24-,25-,26-,27-,28-,29-,30-,31-,32-,33+,34-,35-,36-,37-,38-,39-,40-,41-,42-,43-,45-,46-,47-,48-,49-,50-,51-/m1/s1. The van der Waals surface area contributed by atoms with Crippen LogP contribution in [-0.2, 0) is 80.6 Å². The van der Waals surface area contributed by atoms with E-state index in [9.17, 15) is 100 Å². The number of thioether (sulfide) groups is 1. The molecule has 88 heavy (non-hydrogen) atoms. The Labute approximate surface area is 505 Å². The molecule has 0 unspecified atom stereocenters. The summed E-state index contributed by atoms with van der Waals surface area (Å²) in [5, 5.41) is 200. The maximum atomic E-state index is 14.4. The predicted molar refractivity (Wildman–Crippen MR) is 278 cm³/mol. The van der Waals surface area contributed by atoms with Crippen LogP contribution in [0.2, 0.25) is 0 Å². The van der Waals surface area contributed by atoms with Crippen LogP contribution in [0.15, 0.2) is 17.0 Å². The summed E-state index contributed by atoms with van der Waals surface area (Å²) in [4.78, 5) is -0.334. The summed E-state index contributed by atoms with van der Waals surface area (Å²) in [5.74, 6) is 0. The summed E-state index contributed by atoms with van der Waals surface area (Å²) in [6.45, 7) is -2.36. The summed E-state index contributed by atoms with van der Waals surface area (Å²) < 4.78 is 117. The number of benzene rings is 1. The van der Waals surface area contributed by atoms with E-state index in [4.69, 9.17) is 70.5 Å². The van der Waals surface area contributed by atoms with Gasteiger partial charge in [0, 0.05) is 0 Å². The van der Waals surface area contributed by atoms with Gasteiger partial charge in [-0.3, -0.25) is 4.18 Å². The minimum Gasteiger partial charge on any atom is -0.394 e. The molecule has 16 heterocycles. The monoisotopic (exact) mass is 1310 g/mol. The van der Waals surface area contributed by atoms with Crippen molar-refractivity contribution in [3.63, 3.8) is 0 Å². The Morgan fingerprint density at radius 1 is 0.341 bits per heavy atom. The van der Waals surface area contributed by atoms with E-state index in [0.29, 0.717) is 5.56 Å². The molecule has 16 aliphatic heterocycles. The van der Waals surface area contributed by atoms with Crippen LogP contribution in [0.4, 0.5) is 0 Å². The molecule has 35 nitrogen and oxygen atoms in total. The Morgan fingerprint density at radius 3 is 0.909 bits per heavy atom. The molecule has 0 aliphatic carbocycles. The van der Waals surface area contributed by atoms with Crippen molar-refractivity contribution in [1.82, 2.24) is 0 Å². The van der Waals surface area contributed by atoms with Gasteiger partial charge in [0.05, 0.1) is 61.6 Å². The molecule has 0 radical (unpaired) electrons. The quantitative estimate of drug-likeness (QED) is 0.0764. The van der Waals surface area contributed by atoms with Crippen molar-refractivity contribution < 1.29 is 171 Å². The first-order valence-corrected chi connectivity index (χ1v) is 30.8. The van der Waals surface area contributed by atoms with Crippen molar-refractivity contribution in [2.24, 2.45) is 0 Å². The predicted octanol–water partition coefficient (Wildman–Crippen LogP) is -11.1. The van der Waals surface area contributed by atoms with Gasteiger partial charge in [-0.15, -0.1) is 11.8 Å². The molecule has 0 aromatic heterocycles. The highest BCUT2D eigenvalue weighted by atomic mass is 32.2. The second kappa shape index (κ2) is 28.3. The largest absolute Gasteiger partial charge is 0.394 e. The van der Waals surface area contributed by atoms with Crippen LogP contribution in [-0.4, -0.2) is 360 Å². The second-order valence-electron chi connectivity index (χ2n) is 23.0. The van der Waals surface area contributed by atoms with E-state index in [1.54, 1.807) is 19.1 Å².